The van der Waals surface area contributed by atoms with Crippen LogP contribution in [0, 0.1) is 11.8 Å². The van der Waals surface area contributed by atoms with Crippen molar-refractivity contribution in [3.8, 4) is 5.82 Å². The van der Waals surface area contributed by atoms with Gasteiger partial charge in [-0.05, 0) is 24.0 Å². The molecule has 2 saturated heterocycles. The fourth-order valence-electron chi connectivity index (χ4n) is 4.26. The van der Waals surface area contributed by atoms with E-state index in [9.17, 15) is 4.79 Å². The van der Waals surface area contributed by atoms with E-state index in [1.54, 1.807) is 30.5 Å². The third kappa shape index (κ3) is 3.18. The minimum Gasteiger partial charge on any atom is -0.356 e. The Morgan fingerprint density at radius 1 is 1.07 bits per heavy atom. The predicted molar refractivity (Wildman–Crippen MR) is 103 cm³/mol. The second-order valence-corrected chi connectivity index (χ2v) is 7.62. The van der Waals surface area contributed by atoms with Gasteiger partial charge in [-0.3, -0.25) is 4.90 Å². The molecule has 2 aliphatic rings. The van der Waals surface area contributed by atoms with Crippen LogP contribution in [0.1, 0.15) is 5.69 Å². The van der Waals surface area contributed by atoms with Crippen molar-refractivity contribution in [1.29, 1.82) is 0 Å². The third-order valence-electron chi connectivity index (χ3n) is 5.68. The molecule has 0 bridgehead atoms. The van der Waals surface area contributed by atoms with Crippen LogP contribution < -0.4 is 10.6 Å². The number of hydrogen-bond acceptors (Lipinski definition) is 7. The van der Waals surface area contributed by atoms with E-state index in [4.69, 9.17) is 0 Å². The summed E-state index contributed by atoms with van der Waals surface area (Å²) in [4.78, 5) is 29.4. The minimum absolute atomic E-state index is 0.195. The van der Waals surface area contributed by atoms with Gasteiger partial charge in [0.15, 0.2) is 5.82 Å². The average molecular weight is 378 g/mol. The first-order valence-electron chi connectivity index (χ1n) is 9.47. The number of fused-ring (bicyclic) bond motifs is 1. The highest BCUT2D eigenvalue weighted by molar-refractivity contribution is 5.44. The molecule has 0 N–H and O–H groups in total. The molecule has 2 unspecified atom stereocenters. The van der Waals surface area contributed by atoms with Gasteiger partial charge >= 0.3 is 5.69 Å². The maximum atomic E-state index is 11.7. The average Bonchev–Trinajstić information content (AvgIpc) is 3.41. The van der Waals surface area contributed by atoms with E-state index in [2.05, 4.69) is 29.9 Å². The molecule has 0 aromatic carbocycles. The van der Waals surface area contributed by atoms with Crippen molar-refractivity contribution in [2.75, 3.05) is 31.1 Å². The fraction of sp³-hybridized carbons (Fsp3) is 0.421. The standard InChI is InChI=1S/C19H22N8O/c1-24-6-3-16(23-19(24)28)12-25-8-14-10-26(11-15(14)9-25)17-7-18(21-13-20-17)27-5-2-4-22-27/h2-7,13-15H,8-12H2,1H3. The molecule has 0 saturated carbocycles. The Labute approximate surface area is 162 Å². The summed E-state index contributed by atoms with van der Waals surface area (Å²) in [7, 11) is 1.72. The Morgan fingerprint density at radius 3 is 2.57 bits per heavy atom. The van der Waals surface area contributed by atoms with E-state index >= 15 is 0 Å². The van der Waals surface area contributed by atoms with Crippen molar-refractivity contribution in [3.63, 3.8) is 0 Å². The van der Waals surface area contributed by atoms with Crippen LogP contribution >= 0.6 is 0 Å². The highest BCUT2D eigenvalue weighted by Crippen LogP contribution is 2.33. The van der Waals surface area contributed by atoms with Crippen LogP contribution in [0.5, 0.6) is 0 Å². The zero-order valence-electron chi connectivity index (χ0n) is 15.7. The predicted octanol–water partition coefficient (Wildman–Crippen LogP) is 0.324. The highest BCUT2D eigenvalue weighted by Gasteiger charge is 2.40. The Hall–Kier alpha value is -3.07. The van der Waals surface area contributed by atoms with E-state index in [1.807, 2.05) is 24.4 Å². The van der Waals surface area contributed by atoms with Crippen LogP contribution in [0.3, 0.4) is 0 Å². The van der Waals surface area contributed by atoms with Crippen molar-refractivity contribution < 1.29 is 0 Å². The molecule has 2 fully saturated rings. The first-order valence-corrected chi connectivity index (χ1v) is 9.47. The van der Waals surface area contributed by atoms with Gasteiger partial charge in [0, 0.05) is 64.4 Å². The van der Waals surface area contributed by atoms with Gasteiger partial charge in [-0.25, -0.2) is 19.4 Å². The topological polar surface area (TPSA) is 85.0 Å². The number of anilines is 1. The molecule has 9 nitrogen and oxygen atoms in total. The van der Waals surface area contributed by atoms with Gasteiger partial charge < -0.3 is 9.47 Å². The van der Waals surface area contributed by atoms with Crippen molar-refractivity contribution in [1.82, 2.24) is 34.2 Å². The summed E-state index contributed by atoms with van der Waals surface area (Å²) in [5, 5.41) is 4.24. The number of aryl methyl sites for hydroxylation is 1. The third-order valence-corrected chi connectivity index (χ3v) is 5.68. The minimum atomic E-state index is -0.195. The Balaban J connectivity index is 1.24. The lowest BCUT2D eigenvalue weighted by atomic mass is 10.0. The molecule has 5 heterocycles. The van der Waals surface area contributed by atoms with Gasteiger partial charge in [-0.2, -0.15) is 10.1 Å². The smallest absolute Gasteiger partial charge is 0.347 e. The maximum absolute atomic E-state index is 11.7. The van der Waals surface area contributed by atoms with Gasteiger partial charge in [0.1, 0.15) is 12.1 Å². The molecule has 3 aromatic heterocycles. The van der Waals surface area contributed by atoms with Crippen LogP contribution in [-0.4, -0.2) is 60.4 Å². The molecule has 0 amide bonds. The van der Waals surface area contributed by atoms with Gasteiger partial charge in [-0.1, -0.05) is 0 Å². The van der Waals surface area contributed by atoms with E-state index in [0.717, 1.165) is 50.1 Å². The highest BCUT2D eigenvalue weighted by atomic mass is 16.1. The Bertz CT molecular complexity index is 1020. The fourth-order valence-corrected chi connectivity index (χ4v) is 4.26. The van der Waals surface area contributed by atoms with Gasteiger partial charge in [0.05, 0.1) is 5.69 Å². The summed E-state index contributed by atoms with van der Waals surface area (Å²) in [5.74, 6) is 2.95. The maximum Gasteiger partial charge on any atom is 0.347 e. The summed E-state index contributed by atoms with van der Waals surface area (Å²) in [6.07, 6.45) is 7.02. The number of nitrogens with zero attached hydrogens (tertiary/aromatic N) is 8. The molecule has 144 valence electrons. The molecular formula is C19H22N8O. The monoisotopic (exact) mass is 378 g/mol. The van der Waals surface area contributed by atoms with Crippen molar-refractivity contribution in [2.24, 2.45) is 18.9 Å². The number of likely N-dealkylation sites (tertiary alicyclic amines) is 1. The second-order valence-electron chi connectivity index (χ2n) is 7.62. The first kappa shape index (κ1) is 17.1. The van der Waals surface area contributed by atoms with Crippen LogP contribution in [0.2, 0.25) is 0 Å². The van der Waals surface area contributed by atoms with Crippen LogP contribution in [0.25, 0.3) is 5.82 Å². The summed E-state index contributed by atoms with van der Waals surface area (Å²) >= 11 is 0. The van der Waals surface area contributed by atoms with E-state index < -0.39 is 0 Å². The molecule has 3 aromatic rings. The second kappa shape index (κ2) is 6.83. The molecular weight excluding hydrogens is 356 g/mol. The quantitative estimate of drug-likeness (QED) is 0.646. The van der Waals surface area contributed by atoms with Gasteiger partial charge in [0.2, 0.25) is 0 Å². The summed E-state index contributed by atoms with van der Waals surface area (Å²) in [5.41, 5.74) is 0.652. The zero-order chi connectivity index (χ0) is 19.1. The lowest BCUT2D eigenvalue weighted by molar-refractivity contribution is 0.304. The number of rotatable bonds is 4. The van der Waals surface area contributed by atoms with Crippen molar-refractivity contribution in [2.45, 2.75) is 6.54 Å². The lowest BCUT2D eigenvalue weighted by Crippen LogP contribution is -2.30. The molecule has 0 radical (unpaired) electrons. The molecule has 2 atom stereocenters. The molecule has 5 rings (SSSR count). The van der Waals surface area contributed by atoms with E-state index in [0.29, 0.717) is 11.8 Å². The van der Waals surface area contributed by atoms with Gasteiger partial charge in [-0.15, -0.1) is 0 Å². The Kier molecular flexibility index (Phi) is 4.16. The molecule has 28 heavy (non-hydrogen) atoms. The number of hydrogen-bond donors (Lipinski definition) is 0. The molecule has 0 aliphatic carbocycles. The largest absolute Gasteiger partial charge is 0.356 e. The van der Waals surface area contributed by atoms with Crippen LogP contribution in [-0.2, 0) is 13.6 Å². The Morgan fingerprint density at radius 2 is 1.86 bits per heavy atom. The lowest BCUT2D eigenvalue weighted by Gasteiger charge is -2.22. The van der Waals surface area contributed by atoms with Gasteiger partial charge in [0.25, 0.3) is 0 Å². The van der Waals surface area contributed by atoms with E-state index in [-0.39, 0.29) is 5.69 Å². The number of aromatic nitrogens is 6. The SMILES string of the molecule is Cn1ccc(CN2CC3CN(c4cc(-n5cccn5)ncn4)CC3C2)nc1=O. The normalized spacial score (nSPS) is 22.0. The van der Waals surface area contributed by atoms with E-state index in [1.165, 1.54) is 4.57 Å². The first-order chi connectivity index (χ1) is 13.7. The molecule has 0 spiro atoms. The summed E-state index contributed by atoms with van der Waals surface area (Å²) < 4.78 is 3.25. The summed E-state index contributed by atoms with van der Waals surface area (Å²) in [6, 6.07) is 5.81. The van der Waals surface area contributed by atoms with Crippen LogP contribution in [0.15, 0.2) is 47.9 Å². The van der Waals surface area contributed by atoms with Crippen LogP contribution in [0.4, 0.5) is 5.82 Å². The van der Waals surface area contributed by atoms with Crippen molar-refractivity contribution >= 4 is 5.82 Å². The molecule has 9 heteroatoms. The zero-order valence-corrected chi connectivity index (χ0v) is 15.7. The van der Waals surface area contributed by atoms with Crippen molar-refractivity contribution in [3.05, 3.63) is 59.3 Å². The summed E-state index contributed by atoms with van der Waals surface area (Å²) in [6.45, 7) is 4.76. The molecule has 2 aliphatic heterocycles.